The lowest BCUT2D eigenvalue weighted by Gasteiger charge is -2.39. The van der Waals surface area contributed by atoms with Crippen molar-refractivity contribution in [3.63, 3.8) is 0 Å². The molecule has 0 spiro atoms. The van der Waals surface area contributed by atoms with E-state index < -0.39 is 17.5 Å². The number of ketones is 1. The van der Waals surface area contributed by atoms with Crippen LogP contribution >= 0.6 is 0 Å². The number of nitrogens with zero attached hydrogens (tertiary/aromatic N) is 1. The number of likely N-dealkylation sites (tertiary alicyclic amines) is 1. The Kier molecular flexibility index (Phi) is 4.75. The summed E-state index contributed by atoms with van der Waals surface area (Å²) in [4.78, 5) is 25.6. The van der Waals surface area contributed by atoms with Gasteiger partial charge in [-0.05, 0) is 30.7 Å². The molecule has 2 heterocycles. The van der Waals surface area contributed by atoms with Gasteiger partial charge in [0.05, 0.1) is 12.2 Å². The molecule has 0 saturated carbocycles. The molecule has 7 heteroatoms. The van der Waals surface area contributed by atoms with E-state index in [1.807, 2.05) is 0 Å². The molecule has 1 saturated heterocycles. The summed E-state index contributed by atoms with van der Waals surface area (Å²) in [6.07, 6.45) is 0.133. The molecule has 28 heavy (non-hydrogen) atoms. The molecule has 5 nitrogen and oxygen atoms in total. The Hall–Kier alpha value is -2.96. The quantitative estimate of drug-likeness (QED) is 0.810. The third-order valence-electron chi connectivity index (χ3n) is 4.96. The number of rotatable bonds is 4. The summed E-state index contributed by atoms with van der Waals surface area (Å²) in [6, 6.07) is 7.31. The van der Waals surface area contributed by atoms with Crippen molar-refractivity contribution in [2.45, 2.75) is 13.3 Å². The molecule has 0 aliphatic carbocycles. The van der Waals surface area contributed by atoms with Crippen LogP contribution in [0.1, 0.15) is 21.5 Å². The Morgan fingerprint density at radius 1 is 1.21 bits per heavy atom. The minimum absolute atomic E-state index is 0.0512. The van der Waals surface area contributed by atoms with Crippen LogP contribution in [-0.2, 0) is 11.2 Å². The molecule has 0 radical (unpaired) electrons. The molecule has 0 bridgehead atoms. The number of benzene rings is 2. The van der Waals surface area contributed by atoms with Crippen LogP contribution in [0.5, 0.6) is 11.5 Å². The first-order valence-electron chi connectivity index (χ1n) is 9.06. The number of aryl methyl sites for hydroxylation is 1. The van der Waals surface area contributed by atoms with Crippen molar-refractivity contribution in [1.29, 1.82) is 0 Å². The van der Waals surface area contributed by atoms with Crippen LogP contribution in [0.2, 0.25) is 0 Å². The highest BCUT2D eigenvalue weighted by atomic mass is 19.1. The second-order valence-corrected chi connectivity index (χ2v) is 7.26. The molecule has 2 aliphatic heterocycles. The zero-order valence-electron chi connectivity index (χ0n) is 15.3. The van der Waals surface area contributed by atoms with Gasteiger partial charge in [-0.2, -0.15) is 0 Å². The molecular weight excluding hydrogens is 368 g/mol. The number of halogens is 2. The fourth-order valence-corrected chi connectivity index (χ4v) is 3.40. The zero-order chi connectivity index (χ0) is 19.8. The van der Waals surface area contributed by atoms with Gasteiger partial charge in [-0.3, -0.25) is 9.59 Å². The third kappa shape index (κ3) is 3.56. The van der Waals surface area contributed by atoms with E-state index >= 15 is 0 Å². The maximum Gasteiger partial charge on any atom is 0.256 e. The van der Waals surface area contributed by atoms with E-state index in [4.69, 9.17) is 9.47 Å². The summed E-state index contributed by atoms with van der Waals surface area (Å²) in [5.41, 5.74) is 1.27. The van der Waals surface area contributed by atoms with Gasteiger partial charge in [0.2, 0.25) is 0 Å². The van der Waals surface area contributed by atoms with E-state index in [9.17, 15) is 18.4 Å². The summed E-state index contributed by atoms with van der Waals surface area (Å²) in [5.74, 6) is -1.09. The SMILES string of the molecule is Cc1ccc(OCC2CN(C(=O)c3cc4c(cc3F)OCC(=O)C4)C2)c(F)c1. The molecule has 2 aliphatic rings. The largest absolute Gasteiger partial charge is 0.490 e. The van der Waals surface area contributed by atoms with Crippen molar-refractivity contribution in [2.75, 3.05) is 26.3 Å². The fourth-order valence-electron chi connectivity index (χ4n) is 3.40. The maximum atomic E-state index is 14.3. The number of carbonyl (C=O) groups is 2. The standard InChI is InChI=1S/C21H19F2NO4/c1-12-2-3-19(18(23)4-12)27-10-13-8-24(9-13)21(26)16-6-14-5-15(25)11-28-20(14)7-17(16)22/h2-4,6-7,13H,5,8-11H2,1H3. The number of hydrogen-bond donors (Lipinski definition) is 0. The lowest BCUT2D eigenvalue weighted by atomic mass is 9.97. The minimum Gasteiger partial charge on any atom is -0.490 e. The lowest BCUT2D eigenvalue weighted by Crippen LogP contribution is -2.52. The van der Waals surface area contributed by atoms with Crippen LogP contribution in [0, 0.1) is 24.5 Å². The van der Waals surface area contributed by atoms with E-state index in [2.05, 4.69) is 0 Å². The lowest BCUT2D eigenvalue weighted by molar-refractivity contribution is -0.121. The van der Waals surface area contributed by atoms with Crippen molar-refractivity contribution < 1.29 is 27.8 Å². The smallest absolute Gasteiger partial charge is 0.256 e. The topological polar surface area (TPSA) is 55.8 Å². The average Bonchev–Trinajstić information content (AvgIpc) is 2.61. The summed E-state index contributed by atoms with van der Waals surface area (Å²) in [5, 5.41) is 0. The van der Waals surface area contributed by atoms with Gasteiger partial charge in [0, 0.05) is 37.1 Å². The number of carbonyl (C=O) groups excluding carboxylic acids is 2. The first-order chi connectivity index (χ1) is 13.4. The van der Waals surface area contributed by atoms with Crippen LogP contribution in [0.25, 0.3) is 0 Å². The molecule has 1 amide bonds. The summed E-state index contributed by atoms with van der Waals surface area (Å²) < 4.78 is 38.8. The van der Waals surface area contributed by atoms with Gasteiger partial charge in [-0.1, -0.05) is 6.07 Å². The number of ether oxygens (including phenoxy) is 2. The van der Waals surface area contributed by atoms with Gasteiger partial charge >= 0.3 is 0 Å². The van der Waals surface area contributed by atoms with Gasteiger partial charge in [-0.15, -0.1) is 0 Å². The minimum atomic E-state index is -0.667. The highest BCUT2D eigenvalue weighted by Gasteiger charge is 2.34. The van der Waals surface area contributed by atoms with Gasteiger partial charge in [0.1, 0.15) is 18.2 Å². The second-order valence-electron chi connectivity index (χ2n) is 7.26. The van der Waals surface area contributed by atoms with Crippen molar-refractivity contribution in [2.24, 2.45) is 5.92 Å². The molecule has 146 valence electrons. The van der Waals surface area contributed by atoms with Gasteiger partial charge in [0.15, 0.2) is 17.3 Å². The zero-order valence-corrected chi connectivity index (χ0v) is 15.3. The van der Waals surface area contributed by atoms with Crippen LogP contribution < -0.4 is 9.47 Å². The highest BCUT2D eigenvalue weighted by Crippen LogP contribution is 2.29. The number of Topliss-reactive ketones (excluding diaryl/α,β-unsaturated/α-hetero) is 1. The van der Waals surface area contributed by atoms with Crippen molar-refractivity contribution in [3.05, 3.63) is 58.7 Å². The summed E-state index contributed by atoms with van der Waals surface area (Å²) >= 11 is 0. The number of fused-ring (bicyclic) bond motifs is 1. The number of hydrogen-bond acceptors (Lipinski definition) is 4. The van der Waals surface area contributed by atoms with Crippen LogP contribution in [0.4, 0.5) is 8.78 Å². The highest BCUT2D eigenvalue weighted by molar-refractivity contribution is 5.96. The summed E-state index contributed by atoms with van der Waals surface area (Å²) in [7, 11) is 0. The first kappa shape index (κ1) is 18.4. The Balaban J connectivity index is 1.36. The molecular formula is C21H19F2NO4. The Morgan fingerprint density at radius 3 is 2.75 bits per heavy atom. The Bertz CT molecular complexity index is 954. The normalized spacial score (nSPS) is 16.2. The van der Waals surface area contributed by atoms with Gasteiger partial charge in [-0.25, -0.2) is 8.78 Å². The van der Waals surface area contributed by atoms with Crippen LogP contribution in [0.15, 0.2) is 30.3 Å². The molecule has 0 unspecified atom stereocenters. The van der Waals surface area contributed by atoms with E-state index in [-0.39, 0.29) is 42.6 Å². The molecule has 2 aromatic carbocycles. The Morgan fingerprint density at radius 2 is 2.00 bits per heavy atom. The first-order valence-corrected chi connectivity index (χ1v) is 9.06. The predicted octanol–water partition coefficient (Wildman–Crippen LogP) is 2.93. The van der Waals surface area contributed by atoms with Gasteiger partial charge in [0.25, 0.3) is 5.91 Å². The van der Waals surface area contributed by atoms with Crippen LogP contribution in [0.3, 0.4) is 0 Å². The molecule has 0 N–H and O–H groups in total. The fraction of sp³-hybridized carbons (Fsp3) is 0.333. The molecule has 2 aromatic rings. The molecule has 0 aromatic heterocycles. The van der Waals surface area contributed by atoms with Crippen molar-refractivity contribution >= 4 is 11.7 Å². The Labute approximate surface area is 160 Å². The van der Waals surface area contributed by atoms with E-state index in [0.29, 0.717) is 24.4 Å². The second kappa shape index (κ2) is 7.22. The van der Waals surface area contributed by atoms with Crippen molar-refractivity contribution in [1.82, 2.24) is 4.90 Å². The average molecular weight is 387 g/mol. The predicted molar refractivity (Wildman–Crippen MR) is 96.6 cm³/mol. The van der Waals surface area contributed by atoms with Crippen molar-refractivity contribution in [3.8, 4) is 11.5 Å². The van der Waals surface area contributed by atoms with Gasteiger partial charge < -0.3 is 14.4 Å². The van der Waals surface area contributed by atoms with E-state index in [1.54, 1.807) is 19.1 Å². The monoisotopic (exact) mass is 387 g/mol. The van der Waals surface area contributed by atoms with Crippen LogP contribution in [-0.4, -0.2) is 42.9 Å². The maximum absolute atomic E-state index is 14.3. The van der Waals surface area contributed by atoms with E-state index in [1.165, 1.54) is 17.0 Å². The molecule has 4 rings (SSSR count). The number of amides is 1. The van der Waals surface area contributed by atoms with E-state index in [0.717, 1.165) is 11.6 Å². The third-order valence-corrected chi connectivity index (χ3v) is 4.96. The molecule has 1 fully saturated rings. The summed E-state index contributed by atoms with van der Waals surface area (Å²) in [6.45, 7) is 2.80. The molecule has 0 atom stereocenters.